The largest absolute Gasteiger partial charge is 0.427 e. The molecule has 0 amide bonds. The van der Waals surface area contributed by atoms with Crippen LogP contribution in [0.1, 0.15) is 154 Å². The Labute approximate surface area is 251 Å². The molecule has 2 aromatic rings. The molecule has 0 aliphatic rings. The maximum atomic E-state index is 12.2. The zero-order chi connectivity index (χ0) is 29.2. The second kappa shape index (κ2) is 24.1. The van der Waals surface area contributed by atoms with Gasteiger partial charge in [-0.1, -0.05) is 142 Å². The summed E-state index contributed by atoms with van der Waals surface area (Å²) in [6, 6.07) is 15.6. The van der Waals surface area contributed by atoms with Crippen molar-refractivity contribution < 1.29 is 9.53 Å². The van der Waals surface area contributed by atoms with Gasteiger partial charge in [0.25, 0.3) is 0 Å². The number of nitrogens with zero attached hydrogens (tertiary/aromatic N) is 2. The summed E-state index contributed by atoms with van der Waals surface area (Å²) in [5.74, 6) is 0.415. The van der Waals surface area contributed by atoms with Gasteiger partial charge in [-0.15, -0.1) is 0 Å². The third-order valence-corrected chi connectivity index (χ3v) is 7.84. The number of azo groups is 1. The van der Waals surface area contributed by atoms with Gasteiger partial charge in [-0.2, -0.15) is 10.2 Å². The molecular weight excluding hydrogens is 504 g/mol. The number of ether oxygens (including phenoxy) is 1. The summed E-state index contributed by atoms with van der Waals surface area (Å²) in [4.78, 5) is 12.2. The molecule has 0 aliphatic heterocycles. The van der Waals surface area contributed by atoms with Gasteiger partial charge in [0.1, 0.15) is 5.75 Å². The molecule has 2 rings (SSSR count). The van der Waals surface area contributed by atoms with Crippen molar-refractivity contribution in [3.05, 3.63) is 54.1 Å². The molecule has 228 valence electrons. The molecule has 0 saturated heterocycles. The quantitative estimate of drug-likeness (QED) is 0.0523. The SMILES string of the molecule is CCCCCCCCCCCCCCCCC(=O)Oc1ccc(N=Nc2ccc(CCCCCCCC)cc2)cc1. The molecule has 0 radical (unpaired) electrons. The van der Waals surface area contributed by atoms with Crippen LogP contribution in [-0.2, 0) is 11.2 Å². The first-order chi connectivity index (χ1) is 20.2. The Kier molecular flexibility index (Phi) is 20.4. The molecule has 0 spiro atoms. The number of unbranched alkanes of at least 4 members (excludes halogenated alkanes) is 18. The summed E-state index contributed by atoms with van der Waals surface area (Å²) in [6.45, 7) is 4.53. The van der Waals surface area contributed by atoms with Crippen LogP contribution in [0.3, 0.4) is 0 Å². The number of hydrogen-bond acceptors (Lipinski definition) is 4. The molecule has 0 aliphatic carbocycles. The lowest BCUT2D eigenvalue weighted by Gasteiger charge is -2.05. The van der Waals surface area contributed by atoms with Crippen LogP contribution in [0.15, 0.2) is 58.8 Å². The van der Waals surface area contributed by atoms with Crippen LogP contribution in [-0.4, -0.2) is 5.97 Å². The zero-order valence-corrected chi connectivity index (χ0v) is 26.4. The minimum Gasteiger partial charge on any atom is -0.427 e. The Balaban J connectivity index is 1.51. The van der Waals surface area contributed by atoms with E-state index in [0.29, 0.717) is 12.2 Å². The van der Waals surface area contributed by atoms with Crippen LogP contribution < -0.4 is 4.74 Å². The summed E-state index contributed by atoms with van der Waals surface area (Å²) >= 11 is 0. The summed E-state index contributed by atoms with van der Waals surface area (Å²) < 4.78 is 5.51. The van der Waals surface area contributed by atoms with Gasteiger partial charge in [0.15, 0.2) is 0 Å². The maximum Gasteiger partial charge on any atom is 0.311 e. The highest BCUT2D eigenvalue weighted by Crippen LogP contribution is 2.23. The molecule has 41 heavy (non-hydrogen) atoms. The molecule has 4 nitrogen and oxygen atoms in total. The Morgan fingerprint density at radius 2 is 0.902 bits per heavy atom. The maximum absolute atomic E-state index is 12.2. The van der Waals surface area contributed by atoms with E-state index in [0.717, 1.165) is 30.6 Å². The van der Waals surface area contributed by atoms with E-state index in [4.69, 9.17) is 4.74 Å². The van der Waals surface area contributed by atoms with Gasteiger partial charge in [0, 0.05) is 6.42 Å². The fourth-order valence-electron chi connectivity index (χ4n) is 5.18. The summed E-state index contributed by atoms with van der Waals surface area (Å²) in [5, 5.41) is 8.69. The normalized spacial score (nSPS) is 11.4. The standard InChI is InChI=1S/C37H58N2O2/c1-3-5-7-9-11-12-13-14-15-16-17-18-20-22-24-37(40)41-36-31-29-35(30-32-36)39-38-34-27-25-33(26-28-34)23-21-19-10-8-6-4-2/h25-32H,3-24H2,1-2H3. The third kappa shape index (κ3) is 18.5. The van der Waals surface area contributed by atoms with Crippen LogP contribution >= 0.6 is 0 Å². The molecular formula is C37H58N2O2. The van der Waals surface area contributed by atoms with E-state index in [9.17, 15) is 4.79 Å². The van der Waals surface area contributed by atoms with Crippen molar-refractivity contribution >= 4 is 17.3 Å². The van der Waals surface area contributed by atoms with Crippen LogP contribution in [0.25, 0.3) is 0 Å². The minimum absolute atomic E-state index is 0.153. The van der Waals surface area contributed by atoms with E-state index in [1.54, 1.807) is 12.1 Å². The monoisotopic (exact) mass is 562 g/mol. The molecule has 0 fully saturated rings. The number of esters is 1. The number of rotatable bonds is 25. The first-order valence-electron chi connectivity index (χ1n) is 17.0. The van der Waals surface area contributed by atoms with Crippen LogP contribution in [0, 0.1) is 0 Å². The molecule has 2 aromatic carbocycles. The van der Waals surface area contributed by atoms with Gasteiger partial charge < -0.3 is 4.74 Å². The van der Waals surface area contributed by atoms with Gasteiger partial charge >= 0.3 is 5.97 Å². The zero-order valence-electron chi connectivity index (χ0n) is 26.4. The second-order valence-corrected chi connectivity index (χ2v) is 11.7. The van der Waals surface area contributed by atoms with Gasteiger partial charge in [-0.3, -0.25) is 4.79 Å². The number of benzene rings is 2. The van der Waals surface area contributed by atoms with Crippen molar-refractivity contribution in [2.45, 2.75) is 155 Å². The second-order valence-electron chi connectivity index (χ2n) is 11.7. The van der Waals surface area contributed by atoms with Crippen molar-refractivity contribution in [3.8, 4) is 5.75 Å². The molecule has 0 N–H and O–H groups in total. The van der Waals surface area contributed by atoms with Crippen molar-refractivity contribution in [3.63, 3.8) is 0 Å². The van der Waals surface area contributed by atoms with Crippen molar-refractivity contribution in [2.24, 2.45) is 10.2 Å². The lowest BCUT2D eigenvalue weighted by molar-refractivity contribution is -0.134. The molecule has 4 heteroatoms. The van der Waals surface area contributed by atoms with E-state index in [2.05, 4.69) is 36.2 Å². The molecule has 0 unspecified atom stereocenters. The predicted octanol–water partition coefficient (Wildman–Crippen LogP) is 12.8. The number of carbonyl (C=O) groups excluding carboxylic acids is 1. The molecule has 0 heterocycles. The smallest absolute Gasteiger partial charge is 0.311 e. The van der Waals surface area contributed by atoms with E-state index in [-0.39, 0.29) is 5.97 Å². The lowest BCUT2D eigenvalue weighted by atomic mass is 10.0. The highest BCUT2D eigenvalue weighted by molar-refractivity contribution is 5.72. The number of aryl methyl sites for hydroxylation is 1. The van der Waals surface area contributed by atoms with Crippen molar-refractivity contribution in [1.29, 1.82) is 0 Å². The Bertz CT molecular complexity index is 921. The summed E-state index contributed by atoms with van der Waals surface area (Å²) in [7, 11) is 0. The van der Waals surface area contributed by atoms with Gasteiger partial charge in [0.2, 0.25) is 0 Å². The first kappa shape index (κ1) is 34.7. The van der Waals surface area contributed by atoms with E-state index in [1.165, 1.54) is 121 Å². The van der Waals surface area contributed by atoms with E-state index >= 15 is 0 Å². The van der Waals surface area contributed by atoms with Crippen molar-refractivity contribution in [1.82, 2.24) is 0 Å². The highest BCUT2D eigenvalue weighted by Gasteiger charge is 2.05. The fourth-order valence-corrected chi connectivity index (χ4v) is 5.18. The van der Waals surface area contributed by atoms with Gasteiger partial charge in [-0.05, 0) is 61.2 Å². The molecule has 0 saturated carbocycles. The van der Waals surface area contributed by atoms with Crippen LogP contribution in [0.2, 0.25) is 0 Å². The van der Waals surface area contributed by atoms with E-state index < -0.39 is 0 Å². The van der Waals surface area contributed by atoms with Gasteiger partial charge in [-0.25, -0.2) is 0 Å². The molecule has 0 bridgehead atoms. The minimum atomic E-state index is -0.153. The first-order valence-corrected chi connectivity index (χ1v) is 17.0. The average Bonchev–Trinajstić information content (AvgIpc) is 2.99. The average molecular weight is 563 g/mol. The topological polar surface area (TPSA) is 51.0 Å². The number of carbonyl (C=O) groups is 1. The van der Waals surface area contributed by atoms with Gasteiger partial charge in [0.05, 0.1) is 11.4 Å². The number of hydrogen-bond donors (Lipinski definition) is 0. The van der Waals surface area contributed by atoms with Crippen LogP contribution in [0.4, 0.5) is 11.4 Å². The summed E-state index contributed by atoms with van der Waals surface area (Å²) in [6.07, 6.45) is 27.9. The Hall–Kier alpha value is -2.49. The van der Waals surface area contributed by atoms with E-state index in [1.807, 2.05) is 24.3 Å². The fraction of sp³-hybridized carbons (Fsp3) is 0.649. The summed E-state index contributed by atoms with van der Waals surface area (Å²) in [5.41, 5.74) is 2.95. The molecule has 0 atom stereocenters. The van der Waals surface area contributed by atoms with Crippen molar-refractivity contribution in [2.75, 3.05) is 0 Å². The van der Waals surface area contributed by atoms with Crippen LogP contribution in [0.5, 0.6) is 5.75 Å². The predicted molar refractivity (Wildman–Crippen MR) is 175 cm³/mol. The lowest BCUT2D eigenvalue weighted by Crippen LogP contribution is -2.07. The highest BCUT2D eigenvalue weighted by atomic mass is 16.5. The Morgan fingerprint density at radius 3 is 1.37 bits per heavy atom. The molecule has 0 aromatic heterocycles. The Morgan fingerprint density at radius 1 is 0.512 bits per heavy atom. The third-order valence-electron chi connectivity index (χ3n) is 7.84.